The first-order valence-corrected chi connectivity index (χ1v) is 17.0. The Bertz CT molecular complexity index is 1880. The van der Waals surface area contributed by atoms with E-state index in [4.69, 9.17) is 11.6 Å². The van der Waals surface area contributed by atoms with E-state index < -0.39 is 68.2 Å². The van der Waals surface area contributed by atoms with Crippen molar-refractivity contribution in [1.29, 1.82) is 0 Å². The fourth-order valence-electron chi connectivity index (χ4n) is 5.05. The minimum Gasteiger partial charge on any atom is -0.350 e. The number of aryl methyl sites for hydroxylation is 1. The summed E-state index contributed by atoms with van der Waals surface area (Å²) in [5.41, 5.74) is -0.648. The predicted molar refractivity (Wildman–Crippen MR) is 181 cm³/mol. The van der Waals surface area contributed by atoms with Crippen LogP contribution in [0.2, 0.25) is 5.02 Å². The molecule has 0 aromatic heterocycles. The van der Waals surface area contributed by atoms with Crippen LogP contribution in [0.3, 0.4) is 0 Å². The largest absolute Gasteiger partial charge is 0.417 e. The molecule has 0 saturated carbocycles. The number of carbonyl (C=O) groups is 2. The standard InChI is InChI=1S/C36H36ClF4N3O4S/c1-24-10-17-29(18-11-24)49(47,48)44(28-16-19-31(37)30(21-28)36(39,40)41)23-33(45)43(22-26-12-14-27(38)15-13-26)32(34(46)42-35(2,3)4)20-25-8-6-5-7-9-25/h5-19,21,32H,20,22-23H2,1-4H3,(H,42,46)/t32-/m1/s1. The highest BCUT2D eigenvalue weighted by atomic mass is 35.5. The second kappa shape index (κ2) is 15.0. The molecule has 4 aromatic carbocycles. The lowest BCUT2D eigenvalue weighted by atomic mass is 10.0. The van der Waals surface area contributed by atoms with Crippen LogP contribution >= 0.6 is 11.6 Å². The van der Waals surface area contributed by atoms with E-state index in [9.17, 15) is 35.6 Å². The van der Waals surface area contributed by atoms with Gasteiger partial charge in [-0.1, -0.05) is 71.8 Å². The summed E-state index contributed by atoms with van der Waals surface area (Å²) in [6.07, 6.45) is -4.92. The number of hydrogen-bond donors (Lipinski definition) is 1. The third kappa shape index (κ3) is 9.82. The molecule has 0 radical (unpaired) electrons. The number of amides is 2. The number of nitrogens with zero attached hydrogens (tertiary/aromatic N) is 2. The molecule has 0 bridgehead atoms. The lowest BCUT2D eigenvalue weighted by Gasteiger charge is -2.35. The fraction of sp³-hybridized carbons (Fsp3) is 0.278. The molecule has 1 N–H and O–H groups in total. The van der Waals surface area contributed by atoms with Crippen LogP contribution in [0.15, 0.2) is 102 Å². The Morgan fingerprint density at radius 2 is 1.47 bits per heavy atom. The third-order valence-corrected chi connectivity index (χ3v) is 9.58. The van der Waals surface area contributed by atoms with Crippen molar-refractivity contribution in [2.75, 3.05) is 10.8 Å². The minimum atomic E-state index is -4.93. The number of carbonyl (C=O) groups excluding carboxylic acids is 2. The molecule has 0 aliphatic carbocycles. The number of halogens is 5. The second-order valence-electron chi connectivity index (χ2n) is 12.6. The molecule has 1 atom stereocenters. The molecule has 0 fully saturated rings. The molecule has 0 saturated heterocycles. The van der Waals surface area contributed by atoms with Crippen molar-refractivity contribution >= 4 is 39.1 Å². The van der Waals surface area contributed by atoms with Gasteiger partial charge in [-0.3, -0.25) is 13.9 Å². The van der Waals surface area contributed by atoms with Crippen molar-refractivity contribution in [3.8, 4) is 0 Å². The average molecular weight is 718 g/mol. The number of anilines is 1. The van der Waals surface area contributed by atoms with Gasteiger partial charge in [0.2, 0.25) is 11.8 Å². The summed E-state index contributed by atoms with van der Waals surface area (Å²) in [5, 5.41) is 2.22. The zero-order valence-electron chi connectivity index (χ0n) is 27.3. The maximum absolute atomic E-state index is 14.5. The van der Waals surface area contributed by atoms with Crippen molar-refractivity contribution in [3.05, 3.63) is 130 Å². The smallest absolute Gasteiger partial charge is 0.350 e. The Kier molecular flexibility index (Phi) is 11.4. The highest BCUT2D eigenvalue weighted by Crippen LogP contribution is 2.38. The molecule has 0 heterocycles. The monoisotopic (exact) mass is 717 g/mol. The first-order chi connectivity index (χ1) is 22.8. The van der Waals surface area contributed by atoms with Gasteiger partial charge in [0.05, 0.1) is 21.2 Å². The normalized spacial score (nSPS) is 12.7. The molecule has 0 spiro atoms. The van der Waals surface area contributed by atoms with Crippen LogP contribution < -0.4 is 9.62 Å². The van der Waals surface area contributed by atoms with Gasteiger partial charge in [-0.05, 0) is 81.3 Å². The number of nitrogens with one attached hydrogen (secondary N) is 1. The van der Waals surface area contributed by atoms with E-state index in [2.05, 4.69) is 5.32 Å². The fourth-order valence-corrected chi connectivity index (χ4v) is 6.68. The van der Waals surface area contributed by atoms with Crippen molar-refractivity contribution < 1.29 is 35.6 Å². The van der Waals surface area contributed by atoms with E-state index in [0.29, 0.717) is 21.5 Å². The molecule has 13 heteroatoms. The van der Waals surface area contributed by atoms with Gasteiger partial charge in [-0.2, -0.15) is 13.2 Å². The van der Waals surface area contributed by atoms with Crippen LogP contribution in [-0.2, 0) is 38.8 Å². The van der Waals surface area contributed by atoms with Gasteiger partial charge in [-0.25, -0.2) is 12.8 Å². The van der Waals surface area contributed by atoms with Gasteiger partial charge >= 0.3 is 6.18 Å². The summed E-state index contributed by atoms with van der Waals surface area (Å²) >= 11 is 5.86. The number of rotatable bonds is 11. The second-order valence-corrected chi connectivity index (χ2v) is 14.8. The number of alkyl halides is 3. The molecule has 0 aliphatic heterocycles. The van der Waals surface area contributed by atoms with Gasteiger partial charge in [0.1, 0.15) is 18.4 Å². The van der Waals surface area contributed by atoms with Gasteiger partial charge in [-0.15, -0.1) is 0 Å². The SMILES string of the molecule is Cc1ccc(S(=O)(=O)N(CC(=O)N(Cc2ccc(F)cc2)[C@H](Cc2ccccc2)C(=O)NC(C)(C)C)c2ccc(Cl)c(C(F)(F)F)c2)cc1. The van der Waals surface area contributed by atoms with Crippen molar-refractivity contribution in [2.24, 2.45) is 0 Å². The van der Waals surface area contributed by atoms with Crippen LogP contribution in [0.1, 0.15) is 43.0 Å². The Morgan fingerprint density at radius 3 is 2.04 bits per heavy atom. The molecule has 4 rings (SSSR count). The van der Waals surface area contributed by atoms with Crippen LogP contribution in [0.4, 0.5) is 23.2 Å². The Morgan fingerprint density at radius 1 is 0.857 bits per heavy atom. The minimum absolute atomic E-state index is 0.0135. The Balaban J connectivity index is 1.88. The molecule has 4 aromatic rings. The first-order valence-electron chi connectivity index (χ1n) is 15.2. The zero-order chi connectivity index (χ0) is 36.1. The maximum atomic E-state index is 14.5. The van der Waals surface area contributed by atoms with E-state index in [1.54, 1.807) is 58.0 Å². The summed E-state index contributed by atoms with van der Waals surface area (Å²) in [7, 11) is -4.66. The topological polar surface area (TPSA) is 86.8 Å². The molecule has 2 amide bonds. The summed E-state index contributed by atoms with van der Waals surface area (Å²) in [5.74, 6) is -1.98. The van der Waals surface area contributed by atoms with Gasteiger partial charge in [0.25, 0.3) is 10.0 Å². The van der Waals surface area contributed by atoms with Crippen LogP contribution in [0, 0.1) is 12.7 Å². The lowest BCUT2D eigenvalue weighted by molar-refractivity contribution is -0.140. The first kappa shape index (κ1) is 37.4. The van der Waals surface area contributed by atoms with E-state index in [0.717, 1.165) is 17.7 Å². The average Bonchev–Trinajstić information content (AvgIpc) is 3.02. The molecular weight excluding hydrogens is 682 g/mol. The number of hydrogen-bond acceptors (Lipinski definition) is 4. The quantitative estimate of drug-likeness (QED) is 0.162. The Hall–Kier alpha value is -4.42. The molecule has 0 aliphatic rings. The molecule has 0 unspecified atom stereocenters. The number of benzene rings is 4. The maximum Gasteiger partial charge on any atom is 0.417 e. The van der Waals surface area contributed by atoms with E-state index in [1.165, 1.54) is 53.4 Å². The molecular formula is C36H36ClF4N3O4S. The molecule has 7 nitrogen and oxygen atoms in total. The molecule has 49 heavy (non-hydrogen) atoms. The summed E-state index contributed by atoms with van der Waals surface area (Å²) < 4.78 is 84.6. The third-order valence-electron chi connectivity index (χ3n) is 7.47. The van der Waals surface area contributed by atoms with Gasteiger partial charge in [0.15, 0.2) is 0 Å². The Labute approximate surface area is 288 Å². The van der Waals surface area contributed by atoms with Crippen molar-refractivity contribution in [1.82, 2.24) is 10.2 Å². The van der Waals surface area contributed by atoms with Crippen molar-refractivity contribution in [2.45, 2.75) is 63.3 Å². The summed E-state index contributed by atoms with van der Waals surface area (Å²) in [4.78, 5) is 29.3. The van der Waals surface area contributed by atoms with Gasteiger partial charge in [0, 0.05) is 18.5 Å². The van der Waals surface area contributed by atoms with Crippen LogP contribution in [0.5, 0.6) is 0 Å². The highest BCUT2D eigenvalue weighted by molar-refractivity contribution is 7.92. The van der Waals surface area contributed by atoms with Crippen LogP contribution in [-0.4, -0.2) is 43.3 Å². The molecule has 260 valence electrons. The van der Waals surface area contributed by atoms with E-state index in [-0.39, 0.29) is 17.9 Å². The van der Waals surface area contributed by atoms with E-state index >= 15 is 0 Å². The number of sulfonamides is 1. The van der Waals surface area contributed by atoms with Crippen molar-refractivity contribution in [3.63, 3.8) is 0 Å². The summed E-state index contributed by atoms with van der Waals surface area (Å²) in [6.45, 7) is 5.77. The van der Waals surface area contributed by atoms with E-state index in [1.807, 2.05) is 0 Å². The zero-order valence-corrected chi connectivity index (χ0v) is 28.8. The predicted octanol–water partition coefficient (Wildman–Crippen LogP) is 7.56. The summed E-state index contributed by atoms with van der Waals surface area (Å²) in [6, 6.07) is 21.0. The van der Waals surface area contributed by atoms with Gasteiger partial charge < -0.3 is 10.2 Å². The lowest BCUT2D eigenvalue weighted by Crippen LogP contribution is -2.56. The highest BCUT2D eigenvalue weighted by Gasteiger charge is 2.38. The van der Waals surface area contributed by atoms with Crippen LogP contribution in [0.25, 0.3) is 0 Å².